The molecule has 0 aromatic carbocycles. The van der Waals surface area contributed by atoms with Crippen molar-refractivity contribution >= 4 is 0 Å². The largest absolute Gasteiger partial charge is 0.393 e. The Kier molecular flexibility index (Phi) is 5.22. The third-order valence-electron chi connectivity index (χ3n) is 11.0. The number of hydrogen-bond donors (Lipinski definition) is 2. The SMILES string of the molecule is C[C@H](C(O)CCC1CC1)C1CCC2C3CC=C4CC(O)CCC4(C)C3CCC21C. The topological polar surface area (TPSA) is 40.5 Å². The average molecular weight is 401 g/mol. The molecule has 5 rings (SSSR count). The Morgan fingerprint density at radius 3 is 2.59 bits per heavy atom. The van der Waals surface area contributed by atoms with Gasteiger partial charge in [-0.2, -0.15) is 0 Å². The Hall–Kier alpha value is -0.340. The minimum absolute atomic E-state index is 0.0934. The van der Waals surface area contributed by atoms with E-state index < -0.39 is 0 Å². The molecular weight excluding hydrogens is 356 g/mol. The Morgan fingerprint density at radius 1 is 1.03 bits per heavy atom. The second-order valence-corrected chi connectivity index (χ2v) is 12.3. The molecular formula is C27H44O2. The molecule has 0 aliphatic heterocycles. The van der Waals surface area contributed by atoms with Crippen LogP contribution in [0, 0.1) is 46.3 Å². The molecule has 0 spiro atoms. The molecule has 9 atom stereocenters. The molecule has 2 nitrogen and oxygen atoms in total. The maximum absolute atomic E-state index is 11.0. The second kappa shape index (κ2) is 7.37. The lowest BCUT2D eigenvalue weighted by molar-refractivity contribution is -0.0680. The van der Waals surface area contributed by atoms with E-state index in [9.17, 15) is 10.2 Å². The predicted molar refractivity (Wildman–Crippen MR) is 118 cm³/mol. The summed E-state index contributed by atoms with van der Waals surface area (Å²) in [5.74, 6) is 4.58. The van der Waals surface area contributed by atoms with Gasteiger partial charge in [-0.25, -0.2) is 0 Å². The van der Waals surface area contributed by atoms with E-state index >= 15 is 0 Å². The van der Waals surface area contributed by atoms with E-state index in [0.717, 1.165) is 42.9 Å². The first-order valence-electron chi connectivity index (χ1n) is 12.9. The summed E-state index contributed by atoms with van der Waals surface area (Å²) < 4.78 is 0. The van der Waals surface area contributed by atoms with E-state index in [2.05, 4.69) is 26.8 Å². The van der Waals surface area contributed by atoms with Crippen LogP contribution < -0.4 is 0 Å². The van der Waals surface area contributed by atoms with Crippen molar-refractivity contribution in [3.63, 3.8) is 0 Å². The molecule has 0 amide bonds. The van der Waals surface area contributed by atoms with Crippen LogP contribution in [-0.4, -0.2) is 22.4 Å². The minimum Gasteiger partial charge on any atom is -0.393 e. The smallest absolute Gasteiger partial charge is 0.0577 e. The zero-order chi connectivity index (χ0) is 20.4. The van der Waals surface area contributed by atoms with Crippen LogP contribution in [0.1, 0.15) is 97.8 Å². The molecule has 8 unspecified atom stereocenters. The van der Waals surface area contributed by atoms with Crippen LogP contribution in [0.2, 0.25) is 0 Å². The first kappa shape index (κ1) is 20.6. The van der Waals surface area contributed by atoms with Gasteiger partial charge in [0.2, 0.25) is 0 Å². The van der Waals surface area contributed by atoms with Gasteiger partial charge in [0, 0.05) is 0 Å². The number of rotatable bonds is 5. The first-order chi connectivity index (χ1) is 13.8. The predicted octanol–water partition coefficient (Wildman–Crippen LogP) is 6.11. The highest BCUT2D eigenvalue weighted by Crippen LogP contribution is 2.67. The van der Waals surface area contributed by atoms with E-state index in [1.54, 1.807) is 5.57 Å². The van der Waals surface area contributed by atoms with E-state index in [1.165, 1.54) is 57.8 Å². The van der Waals surface area contributed by atoms with Gasteiger partial charge in [-0.15, -0.1) is 0 Å². The molecule has 0 heterocycles. The van der Waals surface area contributed by atoms with E-state index in [4.69, 9.17) is 0 Å². The summed E-state index contributed by atoms with van der Waals surface area (Å²) in [7, 11) is 0. The third kappa shape index (κ3) is 3.36. The Bertz CT molecular complexity index is 651. The first-order valence-corrected chi connectivity index (χ1v) is 12.9. The monoisotopic (exact) mass is 400 g/mol. The maximum Gasteiger partial charge on any atom is 0.0577 e. The fraction of sp³-hybridized carbons (Fsp3) is 0.926. The molecule has 2 heteroatoms. The van der Waals surface area contributed by atoms with Gasteiger partial charge in [0.05, 0.1) is 12.2 Å². The van der Waals surface area contributed by atoms with Crippen LogP contribution >= 0.6 is 0 Å². The third-order valence-corrected chi connectivity index (χ3v) is 11.0. The van der Waals surface area contributed by atoms with Gasteiger partial charge in [0.15, 0.2) is 0 Å². The highest BCUT2D eigenvalue weighted by molar-refractivity contribution is 5.25. The molecule has 164 valence electrons. The van der Waals surface area contributed by atoms with Crippen LogP contribution in [0.25, 0.3) is 0 Å². The van der Waals surface area contributed by atoms with Crippen molar-refractivity contribution in [1.82, 2.24) is 0 Å². The van der Waals surface area contributed by atoms with Gasteiger partial charge in [0.25, 0.3) is 0 Å². The molecule has 4 fully saturated rings. The number of aliphatic hydroxyl groups excluding tert-OH is 2. The van der Waals surface area contributed by atoms with Gasteiger partial charge < -0.3 is 10.2 Å². The van der Waals surface area contributed by atoms with Crippen LogP contribution in [0.3, 0.4) is 0 Å². The lowest BCUT2D eigenvalue weighted by Gasteiger charge is -2.58. The highest BCUT2D eigenvalue weighted by atomic mass is 16.3. The summed E-state index contributed by atoms with van der Waals surface area (Å²) in [4.78, 5) is 0. The van der Waals surface area contributed by atoms with Crippen molar-refractivity contribution in [2.75, 3.05) is 0 Å². The maximum atomic E-state index is 11.0. The van der Waals surface area contributed by atoms with Gasteiger partial charge in [0.1, 0.15) is 0 Å². The van der Waals surface area contributed by atoms with Crippen LogP contribution in [0.4, 0.5) is 0 Å². The second-order valence-electron chi connectivity index (χ2n) is 12.3. The molecule has 5 aliphatic carbocycles. The normalized spacial score (nSPS) is 48.9. The van der Waals surface area contributed by atoms with Gasteiger partial charge in [-0.05, 0) is 111 Å². The summed E-state index contributed by atoms with van der Waals surface area (Å²) in [6.45, 7) is 7.49. The van der Waals surface area contributed by atoms with Gasteiger partial charge in [-0.1, -0.05) is 45.3 Å². The summed E-state index contributed by atoms with van der Waals surface area (Å²) >= 11 is 0. The van der Waals surface area contributed by atoms with Crippen molar-refractivity contribution in [1.29, 1.82) is 0 Å². The van der Waals surface area contributed by atoms with Crippen LogP contribution in [0.15, 0.2) is 11.6 Å². The molecule has 0 aromatic rings. The summed E-state index contributed by atoms with van der Waals surface area (Å²) in [5, 5.41) is 21.2. The molecule has 0 radical (unpaired) electrons. The zero-order valence-corrected chi connectivity index (χ0v) is 19.1. The van der Waals surface area contributed by atoms with Crippen LogP contribution in [0.5, 0.6) is 0 Å². The zero-order valence-electron chi connectivity index (χ0n) is 19.1. The van der Waals surface area contributed by atoms with Crippen molar-refractivity contribution < 1.29 is 10.2 Å². The molecule has 5 aliphatic rings. The lowest BCUT2D eigenvalue weighted by atomic mass is 9.47. The molecule has 0 bridgehead atoms. The molecule has 0 saturated heterocycles. The van der Waals surface area contributed by atoms with Crippen molar-refractivity contribution in [3.05, 3.63) is 11.6 Å². The standard InChI is InChI=1S/C27H44O2/c1-17(25(29)11-6-18-4-5-18)22-9-10-23-21-8-7-19-16-20(28)12-14-26(19,2)24(21)13-15-27(22,23)3/h7,17-18,20-25,28-29H,4-6,8-16H2,1-3H3/t17-,20?,21?,22?,23?,24?,25?,26?,27?/m0/s1. The lowest BCUT2D eigenvalue weighted by Crippen LogP contribution is -2.51. The molecule has 4 saturated carbocycles. The Balaban J connectivity index is 1.32. The fourth-order valence-electron chi connectivity index (χ4n) is 8.89. The fourth-order valence-corrected chi connectivity index (χ4v) is 8.89. The molecule has 0 aromatic heterocycles. The number of aliphatic hydroxyl groups is 2. The van der Waals surface area contributed by atoms with Crippen molar-refractivity contribution in [2.24, 2.45) is 46.3 Å². The van der Waals surface area contributed by atoms with E-state index in [1.807, 2.05) is 0 Å². The molecule has 2 N–H and O–H groups in total. The number of fused-ring (bicyclic) bond motifs is 5. The van der Waals surface area contributed by atoms with Crippen molar-refractivity contribution in [3.8, 4) is 0 Å². The average Bonchev–Trinajstić information content (AvgIpc) is 3.46. The van der Waals surface area contributed by atoms with Gasteiger partial charge >= 0.3 is 0 Å². The summed E-state index contributed by atoms with van der Waals surface area (Å²) in [5.41, 5.74) is 2.35. The molecule has 29 heavy (non-hydrogen) atoms. The van der Waals surface area contributed by atoms with Crippen LogP contribution in [-0.2, 0) is 0 Å². The highest BCUT2D eigenvalue weighted by Gasteiger charge is 2.59. The van der Waals surface area contributed by atoms with E-state index in [0.29, 0.717) is 22.7 Å². The number of hydrogen-bond acceptors (Lipinski definition) is 2. The quantitative estimate of drug-likeness (QED) is 0.546. The summed E-state index contributed by atoms with van der Waals surface area (Å²) in [6, 6.07) is 0. The Labute approximate surface area is 178 Å². The minimum atomic E-state index is -0.103. The Morgan fingerprint density at radius 2 is 1.83 bits per heavy atom. The van der Waals surface area contributed by atoms with Crippen molar-refractivity contribution in [2.45, 2.75) is 110 Å². The summed E-state index contributed by atoms with van der Waals surface area (Å²) in [6.07, 6.45) is 17.2. The number of allylic oxidation sites excluding steroid dienone is 1. The van der Waals surface area contributed by atoms with E-state index in [-0.39, 0.29) is 12.2 Å². The van der Waals surface area contributed by atoms with Gasteiger partial charge in [-0.3, -0.25) is 0 Å².